The number of hydrogen-bond acceptors (Lipinski definition) is 14. The molecule has 0 aromatic heterocycles. The predicted octanol–water partition coefficient (Wildman–Crippen LogP) is -3.85. The maximum atomic E-state index is 12.6. The molecule has 2 aliphatic heterocycles. The zero-order valence-electron chi connectivity index (χ0n) is 22.5. The molecule has 2 fully saturated rings. The molecule has 2 aliphatic rings. The van der Waals surface area contributed by atoms with Crippen molar-refractivity contribution in [1.29, 1.82) is 0 Å². The maximum absolute atomic E-state index is 12.6. The molecule has 2 rings (SSSR count). The first kappa shape index (κ1) is 34.1. The molecular weight excluding hydrogens is 609 g/mol. The lowest BCUT2D eigenvalue weighted by molar-refractivity contribution is -0.196. The quantitative estimate of drug-likeness (QED) is 0.0610. The number of nitrogens with one attached hydrogen (secondary N) is 2. The van der Waals surface area contributed by atoms with Crippen molar-refractivity contribution in [1.82, 2.24) is 25.7 Å². The van der Waals surface area contributed by atoms with Crippen LogP contribution in [0, 0.1) is 12.3 Å². The third-order valence-electron chi connectivity index (χ3n) is 5.29. The van der Waals surface area contributed by atoms with Crippen molar-refractivity contribution in [3.8, 4) is 12.3 Å². The van der Waals surface area contributed by atoms with Crippen LogP contribution in [0.25, 0.3) is 0 Å². The summed E-state index contributed by atoms with van der Waals surface area (Å²) in [4.78, 5) is 118. The van der Waals surface area contributed by atoms with E-state index >= 15 is 0 Å². The minimum atomic E-state index is -4.97. The van der Waals surface area contributed by atoms with E-state index in [0.717, 1.165) is 0 Å². The molecule has 234 valence electrons. The molecule has 0 saturated carbocycles. The number of carbonyl (C=O) groups excluding carboxylic acids is 9. The second kappa shape index (κ2) is 13.7. The molecule has 1 atom stereocenters. The molecule has 0 aromatic rings. The summed E-state index contributed by atoms with van der Waals surface area (Å²) in [7, 11) is -4.97. The molecule has 7 amide bonds. The zero-order chi connectivity index (χ0) is 32.7. The standard InChI is InChI=1S/C22H25N5O15S/c1-4-22(2,3)40-21(36)25(10-13(28)23-8-18(33)41-26-15(30)5-6-16(26)31)11-14(29)24-9-19(34)42-27-17(32)7-12(20(27)35)43(37,38)39/h1,12H,5-11H2,2-3H3,(H,23,28)(H,24,29)(H,37,38,39)/i8+1,18+1,23+1. The number of nitrogens with zero attached hydrogens (tertiary/aromatic N) is 3. The molecule has 0 aliphatic carbocycles. The Kier molecular flexibility index (Phi) is 10.9. The van der Waals surface area contributed by atoms with E-state index in [1.165, 1.54) is 13.8 Å². The number of imide groups is 2. The molecule has 0 radical (unpaired) electrons. The van der Waals surface area contributed by atoms with Crippen molar-refractivity contribution in [2.24, 2.45) is 0 Å². The highest BCUT2D eigenvalue weighted by Gasteiger charge is 2.48. The van der Waals surface area contributed by atoms with Gasteiger partial charge in [-0.3, -0.25) is 38.2 Å². The molecule has 21 heteroatoms. The summed E-state index contributed by atoms with van der Waals surface area (Å²) < 4.78 is 36.4. The van der Waals surface area contributed by atoms with Crippen LogP contribution in [-0.2, 0) is 62.9 Å². The van der Waals surface area contributed by atoms with Crippen LogP contribution in [-0.4, -0.2) is 119 Å². The van der Waals surface area contributed by atoms with Crippen LogP contribution in [0.3, 0.4) is 0 Å². The first-order valence-corrected chi connectivity index (χ1v) is 13.4. The van der Waals surface area contributed by atoms with Crippen LogP contribution in [0.2, 0.25) is 0 Å². The summed E-state index contributed by atoms with van der Waals surface area (Å²) in [6, 6.07) is 0. The summed E-state index contributed by atoms with van der Waals surface area (Å²) in [6.07, 6.45) is 2.68. The van der Waals surface area contributed by atoms with Gasteiger partial charge in [0.25, 0.3) is 33.7 Å². The number of terminal acetylenes is 1. The van der Waals surface area contributed by atoms with Gasteiger partial charge in [-0.15, -0.1) is 16.5 Å². The summed E-state index contributed by atoms with van der Waals surface area (Å²) in [5, 5.41) is 1.90. The van der Waals surface area contributed by atoms with E-state index in [4.69, 9.17) is 15.7 Å². The van der Waals surface area contributed by atoms with Crippen molar-refractivity contribution >= 4 is 63.6 Å². The fourth-order valence-corrected chi connectivity index (χ4v) is 3.84. The second-order valence-corrected chi connectivity index (χ2v) is 10.8. The highest BCUT2D eigenvalue weighted by Crippen LogP contribution is 2.19. The summed E-state index contributed by atoms with van der Waals surface area (Å²) >= 11 is 0. The van der Waals surface area contributed by atoms with Gasteiger partial charge in [0, 0.05) is 12.8 Å². The Balaban J connectivity index is 1.95. The monoisotopic (exact) mass is 634 g/mol. The Morgan fingerprint density at radius 1 is 0.930 bits per heavy atom. The molecule has 0 bridgehead atoms. The summed E-state index contributed by atoms with van der Waals surface area (Å²) in [5.41, 5.74) is -1.50. The van der Waals surface area contributed by atoms with E-state index in [1.54, 1.807) is 0 Å². The van der Waals surface area contributed by atoms with Gasteiger partial charge in [0.1, 0.15) is 26.2 Å². The van der Waals surface area contributed by atoms with Gasteiger partial charge in [0.05, 0.1) is 6.42 Å². The molecule has 0 spiro atoms. The Morgan fingerprint density at radius 3 is 1.81 bits per heavy atom. The highest BCUT2D eigenvalue weighted by atomic mass is 32.2. The smallest absolute Gasteiger partial charge is 0.412 e. The third kappa shape index (κ3) is 9.75. The average molecular weight is 635 g/mol. The number of hydrogen-bond donors (Lipinski definition) is 3. The van der Waals surface area contributed by atoms with Crippen LogP contribution in [0.4, 0.5) is 4.79 Å². The summed E-state index contributed by atoms with van der Waals surface area (Å²) in [6.45, 7) is -1.11. The first-order valence-electron chi connectivity index (χ1n) is 11.9. The van der Waals surface area contributed by atoms with Crippen LogP contribution in [0.1, 0.15) is 33.1 Å². The number of carbonyl (C=O) groups is 9. The number of amides is 7. The zero-order valence-corrected chi connectivity index (χ0v) is 23.3. The Morgan fingerprint density at radius 2 is 1.40 bits per heavy atom. The first-order chi connectivity index (χ1) is 19.8. The lowest BCUT2D eigenvalue weighted by Gasteiger charge is -2.26. The van der Waals surface area contributed by atoms with E-state index in [1.807, 2.05) is 10.6 Å². The Labute approximate surface area is 242 Å². The van der Waals surface area contributed by atoms with Gasteiger partial charge in [0.2, 0.25) is 11.8 Å². The van der Waals surface area contributed by atoms with Crippen molar-refractivity contribution < 1.29 is 70.5 Å². The van der Waals surface area contributed by atoms with Gasteiger partial charge in [-0.05, 0) is 13.8 Å². The van der Waals surface area contributed by atoms with Gasteiger partial charge in [-0.2, -0.15) is 8.42 Å². The lowest BCUT2D eigenvalue weighted by Crippen LogP contribution is -2.49. The van der Waals surface area contributed by atoms with Crippen molar-refractivity contribution in [2.45, 2.75) is 44.0 Å². The van der Waals surface area contributed by atoms with E-state index in [2.05, 4.69) is 15.6 Å². The van der Waals surface area contributed by atoms with E-state index < -0.39 is 107 Å². The SMILES string of the molecule is C#CC(C)(C)OC(=O)N(CC(=O)NCC(=O)ON1C(=O)CC(S(=O)(=O)O)C1=O)CC(=O)[15NH][13CH2][13C](=O)ON1C(=O)CCC1=O. The average Bonchev–Trinajstić information content (AvgIpc) is 3.38. The number of ether oxygens (including phenoxy) is 1. The van der Waals surface area contributed by atoms with Crippen LogP contribution < -0.4 is 10.6 Å². The molecular formula is C22H25N5O15S. The molecule has 20 nitrogen and oxygen atoms in total. The molecule has 2 saturated heterocycles. The molecule has 2 heterocycles. The maximum Gasteiger partial charge on any atom is 0.412 e. The lowest BCUT2D eigenvalue weighted by atomic mass is 10.1. The topological polar surface area (TPSA) is 269 Å². The second-order valence-electron chi connectivity index (χ2n) is 9.17. The Bertz CT molecular complexity index is 1380. The normalized spacial score (nSPS) is 16.8. The molecule has 3 N–H and O–H groups in total. The van der Waals surface area contributed by atoms with Gasteiger partial charge in [-0.1, -0.05) is 5.92 Å². The molecule has 1 unspecified atom stereocenters. The minimum absolute atomic E-state index is 0.160. The van der Waals surface area contributed by atoms with Gasteiger partial charge in [0.15, 0.2) is 10.9 Å². The minimum Gasteiger partial charge on any atom is -0.430 e. The van der Waals surface area contributed by atoms with E-state index in [0.29, 0.717) is 4.90 Å². The van der Waals surface area contributed by atoms with E-state index in [9.17, 15) is 51.6 Å². The third-order valence-corrected chi connectivity index (χ3v) is 6.38. The largest absolute Gasteiger partial charge is 0.430 e. The van der Waals surface area contributed by atoms with Crippen LogP contribution in [0.15, 0.2) is 0 Å². The summed E-state index contributed by atoms with van der Waals surface area (Å²) in [5.74, 6) is -6.95. The van der Waals surface area contributed by atoms with Crippen LogP contribution in [0.5, 0.6) is 0 Å². The number of rotatable bonds is 12. The van der Waals surface area contributed by atoms with Gasteiger partial charge >= 0.3 is 18.0 Å². The number of hydroxylamine groups is 4. The predicted molar refractivity (Wildman–Crippen MR) is 132 cm³/mol. The fraction of sp³-hybridized carbons (Fsp3) is 0.500. The molecule has 43 heavy (non-hydrogen) atoms. The van der Waals surface area contributed by atoms with Crippen molar-refractivity contribution in [2.75, 3.05) is 26.2 Å². The fourth-order valence-electron chi connectivity index (χ4n) is 3.13. The Hall–Kier alpha value is -5.10. The van der Waals surface area contributed by atoms with E-state index in [-0.39, 0.29) is 23.0 Å². The van der Waals surface area contributed by atoms with Crippen molar-refractivity contribution in [3.05, 3.63) is 0 Å². The van der Waals surface area contributed by atoms with Gasteiger partial charge < -0.3 is 25.0 Å². The van der Waals surface area contributed by atoms with Gasteiger partial charge in [-0.25, -0.2) is 14.4 Å². The van der Waals surface area contributed by atoms with Crippen molar-refractivity contribution in [3.63, 3.8) is 0 Å². The van der Waals surface area contributed by atoms with Crippen LogP contribution >= 0.6 is 0 Å². The molecule has 0 aromatic carbocycles. The highest BCUT2D eigenvalue weighted by molar-refractivity contribution is 7.87.